The zero-order chi connectivity index (χ0) is 20.1. The van der Waals surface area contributed by atoms with Crippen LogP contribution in [0.5, 0.6) is 5.75 Å². The van der Waals surface area contributed by atoms with Crippen molar-refractivity contribution in [1.82, 2.24) is 15.0 Å². The second-order valence-electron chi connectivity index (χ2n) is 6.17. The van der Waals surface area contributed by atoms with Crippen LogP contribution in [0.2, 0.25) is 0 Å². The lowest BCUT2D eigenvalue weighted by Crippen LogP contribution is -2.18. The van der Waals surface area contributed by atoms with Crippen molar-refractivity contribution < 1.29 is 17.9 Å². The van der Waals surface area contributed by atoms with Gasteiger partial charge in [-0.15, -0.1) is 13.2 Å². The standard InChI is InChI=1S/C19H18F3N5O/c1-12(2)24-18-26-15(13-6-5-9-23-11-13)10-17(27-18)25-14-7-3-4-8-16(14)28-19(20,21)22/h3-12H,1-2H3,(H2,24,25,26,27). The number of rotatable bonds is 6. The molecule has 0 amide bonds. The van der Waals surface area contributed by atoms with Gasteiger partial charge in [0.1, 0.15) is 5.82 Å². The fraction of sp³-hybridized carbons (Fsp3) is 0.211. The lowest BCUT2D eigenvalue weighted by Gasteiger charge is -2.16. The molecule has 0 radical (unpaired) electrons. The number of hydrogen-bond acceptors (Lipinski definition) is 6. The molecule has 0 aliphatic carbocycles. The van der Waals surface area contributed by atoms with Crippen molar-refractivity contribution in [3.8, 4) is 17.0 Å². The van der Waals surface area contributed by atoms with E-state index in [1.807, 2.05) is 19.9 Å². The van der Waals surface area contributed by atoms with Crippen molar-refractivity contribution in [2.75, 3.05) is 10.6 Å². The van der Waals surface area contributed by atoms with Crippen LogP contribution in [0.25, 0.3) is 11.3 Å². The number of nitrogens with one attached hydrogen (secondary N) is 2. The third-order valence-electron chi connectivity index (χ3n) is 3.48. The molecule has 0 bridgehead atoms. The van der Waals surface area contributed by atoms with Crippen LogP contribution in [-0.2, 0) is 0 Å². The van der Waals surface area contributed by atoms with Crippen LogP contribution in [0, 0.1) is 0 Å². The van der Waals surface area contributed by atoms with Gasteiger partial charge in [-0.25, -0.2) is 4.98 Å². The number of aromatic nitrogens is 3. The zero-order valence-corrected chi connectivity index (χ0v) is 15.2. The van der Waals surface area contributed by atoms with Crippen LogP contribution >= 0.6 is 0 Å². The average Bonchev–Trinajstić information content (AvgIpc) is 2.62. The van der Waals surface area contributed by atoms with Gasteiger partial charge in [-0.05, 0) is 38.1 Å². The van der Waals surface area contributed by atoms with Gasteiger partial charge in [-0.3, -0.25) is 4.98 Å². The molecule has 0 fully saturated rings. The first-order chi connectivity index (χ1) is 13.3. The molecule has 0 saturated heterocycles. The van der Waals surface area contributed by atoms with Crippen LogP contribution in [0.4, 0.5) is 30.6 Å². The molecule has 0 spiro atoms. The number of alkyl halides is 3. The Morgan fingerprint density at radius 3 is 2.50 bits per heavy atom. The Bertz CT molecular complexity index is 932. The predicted octanol–water partition coefficient (Wildman–Crippen LogP) is 5.00. The Hall–Kier alpha value is -3.36. The van der Waals surface area contributed by atoms with Crippen molar-refractivity contribution in [3.63, 3.8) is 0 Å². The Balaban J connectivity index is 1.98. The molecule has 3 aromatic rings. The highest BCUT2D eigenvalue weighted by Crippen LogP contribution is 2.32. The zero-order valence-electron chi connectivity index (χ0n) is 15.2. The molecular formula is C19H18F3N5O. The molecule has 2 heterocycles. The minimum absolute atomic E-state index is 0.0675. The molecule has 6 nitrogen and oxygen atoms in total. The largest absolute Gasteiger partial charge is 0.573 e. The lowest BCUT2D eigenvalue weighted by atomic mass is 10.2. The molecule has 0 saturated carbocycles. The van der Waals surface area contributed by atoms with E-state index in [0.29, 0.717) is 17.5 Å². The highest BCUT2D eigenvalue weighted by Gasteiger charge is 2.32. The third-order valence-corrected chi connectivity index (χ3v) is 3.48. The van der Waals surface area contributed by atoms with Crippen molar-refractivity contribution >= 4 is 17.5 Å². The third kappa shape index (κ3) is 5.32. The number of anilines is 3. The Labute approximate surface area is 159 Å². The SMILES string of the molecule is CC(C)Nc1nc(Nc2ccccc2OC(F)(F)F)cc(-c2cccnc2)n1. The van der Waals surface area contributed by atoms with Crippen LogP contribution < -0.4 is 15.4 Å². The monoisotopic (exact) mass is 389 g/mol. The second kappa shape index (κ2) is 8.12. The quantitative estimate of drug-likeness (QED) is 0.618. The molecule has 3 rings (SSSR count). The number of pyridine rings is 1. The smallest absolute Gasteiger partial charge is 0.404 e. The lowest BCUT2D eigenvalue weighted by molar-refractivity contribution is -0.274. The summed E-state index contributed by atoms with van der Waals surface area (Å²) in [5, 5.41) is 5.98. The number of para-hydroxylation sites is 2. The number of benzene rings is 1. The van der Waals surface area contributed by atoms with Gasteiger partial charge in [0.15, 0.2) is 5.75 Å². The highest BCUT2D eigenvalue weighted by molar-refractivity contribution is 5.69. The summed E-state index contributed by atoms with van der Waals surface area (Å²) in [6, 6.07) is 11.1. The van der Waals surface area contributed by atoms with E-state index in [-0.39, 0.29) is 17.5 Å². The molecular weight excluding hydrogens is 371 g/mol. The summed E-state index contributed by atoms with van der Waals surface area (Å²) >= 11 is 0. The van der Waals surface area contributed by atoms with E-state index in [2.05, 4.69) is 30.3 Å². The maximum Gasteiger partial charge on any atom is 0.573 e. The number of ether oxygens (including phenoxy) is 1. The van der Waals surface area contributed by atoms with Crippen molar-refractivity contribution in [2.24, 2.45) is 0 Å². The first kappa shape index (κ1) is 19.4. The topological polar surface area (TPSA) is 72.0 Å². The van der Waals surface area contributed by atoms with E-state index < -0.39 is 6.36 Å². The van der Waals surface area contributed by atoms with Gasteiger partial charge in [-0.2, -0.15) is 4.98 Å². The van der Waals surface area contributed by atoms with Crippen LogP contribution in [0.3, 0.4) is 0 Å². The van der Waals surface area contributed by atoms with Crippen molar-refractivity contribution in [1.29, 1.82) is 0 Å². The van der Waals surface area contributed by atoms with E-state index in [1.165, 1.54) is 18.2 Å². The van der Waals surface area contributed by atoms with Crippen LogP contribution in [-0.4, -0.2) is 27.4 Å². The fourth-order valence-corrected chi connectivity index (χ4v) is 2.42. The molecule has 0 aliphatic heterocycles. The van der Waals surface area contributed by atoms with Gasteiger partial charge < -0.3 is 15.4 Å². The number of hydrogen-bond donors (Lipinski definition) is 2. The molecule has 0 atom stereocenters. The summed E-state index contributed by atoms with van der Waals surface area (Å²) in [6.45, 7) is 3.86. The molecule has 1 aromatic carbocycles. The van der Waals surface area contributed by atoms with Crippen molar-refractivity contribution in [3.05, 3.63) is 54.9 Å². The molecule has 146 valence electrons. The second-order valence-corrected chi connectivity index (χ2v) is 6.17. The molecule has 0 aliphatic rings. The summed E-state index contributed by atoms with van der Waals surface area (Å²) in [7, 11) is 0. The van der Waals surface area contributed by atoms with Gasteiger partial charge in [0.2, 0.25) is 5.95 Å². The highest BCUT2D eigenvalue weighted by atomic mass is 19.4. The number of halogens is 3. The minimum atomic E-state index is -4.80. The summed E-state index contributed by atoms with van der Waals surface area (Å²) in [4.78, 5) is 12.9. The maximum atomic E-state index is 12.7. The van der Waals surface area contributed by atoms with Gasteiger partial charge in [0.05, 0.1) is 11.4 Å². The van der Waals surface area contributed by atoms with Crippen LogP contribution in [0.15, 0.2) is 54.9 Å². The summed E-state index contributed by atoms with van der Waals surface area (Å²) in [5.74, 6) is 0.304. The van der Waals surface area contributed by atoms with E-state index in [9.17, 15) is 13.2 Å². The fourth-order valence-electron chi connectivity index (χ4n) is 2.42. The van der Waals surface area contributed by atoms with E-state index >= 15 is 0 Å². The van der Waals surface area contributed by atoms with E-state index in [4.69, 9.17) is 0 Å². The van der Waals surface area contributed by atoms with Gasteiger partial charge >= 0.3 is 6.36 Å². The summed E-state index contributed by atoms with van der Waals surface area (Å²) in [5.41, 5.74) is 1.45. The van der Waals surface area contributed by atoms with E-state index in [0.717, 1.165) is 5.56 Å². The first-order valence-electron chi connectivity index (χ1n) is 8.48. The van der Waals surface area contributed by atoms with Gasteiger partial charge in [0.25, 0.3) is 0 Å². The summed E-state index contributed by atoms with van der Waals surface area (Å²) in [6.07, 6.45) is -1.51. The molecule has 28 heavy (non-hydrogen) atoms. The van der Waals surface area contributed by atoms with Crippen molar-refractivity contribution in [2.45, 2.75) is 26.3 Å². The number of nitrogens with zero attached hydrogens (tertiary/aromatic N) is 3. The molecule has 0 unspecified atom stereocenters. The average molecular weight is 389 g/mol. The summed E-state index contributed by atoms with van der Waals surface area (Å²) < 4.78 is 42.1. The predicted molar refractivity (Wildman–Crippen MR) is 100 cm³/mol. The van der Waals surface area contributed by atoms with Crippen LogP contribution in [0.1, 0.15) is 13.8 Å². The Kier molecular flexibility index (Phi) is 5.62. The first-order valence-corrected chi connectivity index (χ1v) is 8.48. The Morgan fingerprint density at radius 1 is 1.04 bits per heavy atom. The van der Waals surface area contributed by atoms with Gasteiger partial charge in [-0.1, -0.05) is 12.1 Å². The van der Waals surface area contributed by atoms with E-state index in [1.54, 1.807) is 30.6 Å². The molecule has 2 N–H and O–H groups in total. The maximum absolute atomic E-state index is 12.7. The molecule has 9 heteroatoms. The molecule has 2 aromatic heterocycles. The normalized spacial score (nSPS) is 11.4. The minimum Gasteiger partial charge on any atom is -0.404 e. The Morgan fingerprint density at radius 2 is 1.82 bits per heavy atom. The van der Waals surface area contributed by atoms with Gasteiger partial charge in [0, 0.05) is 30.1 Å².